The number of hydrogen-bond donors (Lipinski definition) is 2. The fourth-order valence-corrected chi connectivity index (χ4v) is 4.12. The van der Waals surface area contributed by atoms with Gasteiger partial charge in [-0.2, -0.15) is 0 Å². The molecular weight excluding hydrogens is 403 g/mol. The smallest absolute Gasteiger partial charge is 0.341 e. The maximum atomic E-state index is 13.3. The van der Waals surface area contributed by atoms with E-state index in [1.807, 2.05) is 37.4 Å². The average molecular weight is 428 g/mol. The number of likely N-dealkylation sites (N-methyl/N-ethyl adjacent to an activating group) is 1. The highest BCUT2D eigenvalue weighted by Gasteiger charge is 2.23. The molecule has 0 aliphatic heterocycles. The van der Waals surface area contributed by atoms with Gasteiger partial charge >= 0.3 is 5.97 Å². The minimum atomic E-state index is -0.515. The Balaban J connectivity index is 1.76. The molecule has 0 aliphatic carbocycles. The van der Waals surface area contributed by atoms with Crippen molar-refractivity contribution in [3.05, 3.63) is 76.9 Å². The highest BCUT2D eigenvalue weighted by Crippen LogP contribution is 2.36. The van der Waals surface area contributed by atoms with Crippen molar-refractivity contribution in [2.75, 3.05) is 25.5 Å². The van der Waals surface area contributed by atoms with Crippen LogP contribution in [0.1, 0.15) is 22.8 Å². The molecule has 1 aromatic heterocycles. The van der Waals surface area contributed by atoms with Crippen LogP contribution < -0.4 is 10.2 Å². The zero-order valence-corrected chi connectivity index (χ0v) is 17.7. The fourth-order valence-electron chi connectivity index (χ4n) is 3.15. The third-order valence-corrected chi connectivity index (χ3v) is 5.39. The molecule has 0 aliphatic rings. The normalized spacial score (nSPS) is 11.7. The number of ether oxygens (including phenoxy) is 1. The van der Waals surface area contributed by atoms with Crippen molar-refractivity contribution in [1.82, 2.24) is 0 Å². The summed E-state index contributed by atoms with van der Waals surface area (Å²) in [5.74, 6) is -1.07. The van der Waals surface area contributed by atoms with Crippen LogP contribution in [-0.4, -0.2) is 32.1 Å². The monoisotopic (exact) mass is 427 g/mol. The largest absolute Gasteiger partial charge is 0.462 e. The number of carbonyl (C=O) groups is 2. The van der Waals surface area contributed by atoms with Gasteiger partial charge in [-0.15, -0.1) is 11.3 Å². The molecule has 0 spiro atoms. The lowest BCUT2D eigenvalue weighted by Gasteiger charge is -2.14. The molecule has 0 fully saturated rings. The van der Waals surface area contributed by atoms with Crippen molar-refractivity contribution in [1.29, 1.82) is 0 Å². The van der Waals surface area contributed by atoms with E-state index in [-0.39, 0.29) is 24.9 Å². The van der Waals surface area contributed by atoms with Crippen LogP contribution in [0.3, 0.4) is 0 Å². The number of benzene rings is 2. The summed E-state index contributed by atoms with van der Waals surface area (Å²) in [6.07, 6.45) is 0. The van der Waals surface area contributed by atoms with E-state index in [1.54, 1.807) is 24.4 Å². The SMILES string of the molecule is CCOC(=O)c1c(-c2ccc(F)cc2)csc1NC(=O)C[NH+](C)Cc1ccccc1. The van der Waals surface area contributed by atoms with Crippen LogP contribution in [0.2, 0.25) is 0 Å². The number of thiophene rings is 1. The van der Waals surface area contributed by atoms with Crippen LogP contribution in [0.5, 0.6) is 0 Å². The molecular formula is C23H24FN2O3S+. The minimum Gasteiger partial charge on any atom is -0.462 e. The molecule has 1 unspecified atom stereocenters. The van der Waals surface area contributed by atoms with E-state index in [2.05, 4.69) is 5.32 Å². The Kier molecular flexibility index (Phi) is 7.32. The third kappa shape index (κ3) is 5.52. The topological polar surface area (TPSA) is 59.8 Å². The van der Waals surface area contributed by atoms with Gasteiger partial charge in [-0.3, -0.25) is 4.79 Å². The first-order valence-electron chi connectivity index (χ1n) is 9.67. The highest BCUT2D eigenvalue weighted by atomic mass is 32.1. The van der Waals surface area contributed by atoms with Gasteiger partial charge in [0.15, 0.2) is 6.54 Å². The highest BCUT2D eigenvalue weighted by molar-refractivity contribution is 7.15. The molecule has 1 amide bonds. The summed E-state index contributed by atoms with van der Waals surface area (Å²) in [4.78, 5) is 26.2. The lowest BCUT2D eigenvalue weighted by Crippen LogP contribution is -3.08. The van der Waals surface area contributed by atoms with Gasteiger partial charge in [0.25, 0.3) is 5.91 Å². The predicted octanol–water partition coefficient (Wildman–Crippen LogP) is 3.38. The molecule has 0 bridgehead atoms. The van der Waals surface area contributed by atoms with Gasteiger partial charge in [-0.05, 0) is 24.6 Å². The van der Waals surface area contributed by atoms with Crippen LogP contribution in [0.25, 0.3) is 11.1 Å². The molecule has 3 rings (SSSR count). The standard InChI is InChI=1S/C23H23FN2O3S/c1-3-29-23(28)21-19(17-9-11-18(24)12-10-17)15-30-22(21)25-20(27)14-26(2)13-16-7-5-4-6-8-16/h4-12,15H,3,13-14H2,1-2H3,(H,25,27)/p+1. The first kappa shape index (κ1) is 21.7. The molecule has 5 nitrogen and oxygen atoms in total. The van der Waals surface area contributed by atoms with Crippen LogP contribution in [0, 0.1) is 5.82 Å². The van der Waals surface area contributed by atoms with Crippen LogP contribution in [-0.2, 0) is 16.1 Å². The number of amides is 1. The Hall–Kier alpha value is -3.03. The Morgan fingerprint density at radius 3 is 2.47 bits per heavy atom. The average Bonchev–Trinajstić information content (AvgIpc) is 3.12. The van der Waals surface area contributed by atoms with Crippen molar-refractivity contribution >= 4 is 28.2 Å². The van der Waals surface area contributed by atoms with E-state index in [0.29, 0.717) is 28.2 Å². The quantitative estimate of drug-likeness (QED) is 0.542. The molecule has 7 heteroatoms. The predicted molar refractivity (Wildman–Crippen MR) is 116 cm³/mol. The number of nitrogens with one attached hydrogen (secondary N) is 2. The van der Waals surface area contributed by atoms with E-state index >= 15 is 0 Å². The number of carbonyl (C=O) groups excluding carboxylic acids is 2. The van der Waals surface area contributed by atoms with E-state index in [1.165, 1.54) is 23.5 Å². The number of quaternary nitrogens is 1. The second kappa shape index (κ2) is 10.1. The summed E-state index contributed by atoms with van der Waals surface area (Å²) < 4.78 is 18.5. The van der Waals surface area contributed by atoms with Crippen LogP contribution >= 0.6 is 11.3 Å². The third-order valence-electron chi connectivity index (χ3n) is 4.49. The van der Waals surface area contributed by atoms with E-state index in [4.69, 9.17) is 4.74 Å². The lowest BCUT2D eigenvalue weighted by atomic mass is 10.0. The maximum absolute atomic E-state index is 13.3. The van der Waals surface area contributed by atoms with Crippen molar-refractivity contribution in [3.8, 4) is 11.1 Å². The van der Waals surface area contributed by atoms with Gasteiger partial charge in [0, 0.05) is 16.5 Å². The van der Waals surface area contributed by atoms with Gasteiger partial charge in [0.1, 0.15) is 22.9 Å². The summed E-state index contributed by atoms with van der Waals surface area (Å²) in [6, 6.07) is 15.8. The molecule has 1 atom stereocenters. The van der Waals surface area contributed by atoms with Crippen molar-refractivity contribution in [2.24, 2.45) is 0 Å². The Morgan fingerprint density at radius 1 is 1.10 bits per heavy atom. The first-order chi connectivity index (χ1) is 14.5. The Bertz CT molecular complexity index is 1000. The summed E-state index contributed by atoms with van der Waals surface area (Å²) in [5, 5.41) is 5.06. The molecule has 30 heavy (non-hydrogen) atoms. The molecule has 0 saturated carbocycles. The number of anilines is 1. The number of hydrogen-bond acceptors (Lipinski definition) is 4. The molecule has 3 aromatic rings. The second-order valence-corrected chi connectivity index (χ2v) is 7.80. The summed E-state index contributed by atoms with van der Waals surface area (Å²) >= 11 is 1.25. The molecule has 1 heterocycles. The summed E-state index contributed by atoms with van der Waals surface area (Å²) in [6.45, 7) is 2.90. The van der Waals surface area contributed by atoms with Crippen LogP contribution in [0.15, 0.2) is 60.0 Å². The van der Waals surface area contributed by atoms with Gasteiger partial charge in [0.2, 0.25) is 0 Å². The first-order valence-corrected chi connectivity index (χ1v) is 10.6. The molecule has 0 saturated heterocycles. The van der Waals surface area contributed by atoms with Gasteiger partial charge in [-0.25, -0.2) is 9.18 Å². The summed E-state index contributed by atoms with van der Waals surface area (Å²) in [5.41, 5.74) is 2.73. The molecule has 0 radical (unpaired) electrons. The van der Waals surface area contributed by atoms with Crippen molar-refractivity contribution < 1.29 is 23.6 Å². The fraction of sp³-hybridized carbons (Fsp3) is 0.217. The lowest BCUT2D eigenvalue weighted by molar-refractivity contribution is -0.885. The maximum Gasteiger partial charge on any atom is 0.341 e. The van der Waals surface area contributed by atoms with Gasteiger partial charge in [0.05, 0.1) is 13.7 Å². The van der Waals surface area contributed by atoms with Crippen molar-refractivity contribution in [2.45, 2.75) is 13.5 Å². The molecule has 156 valence electrons. The Labute approximate surface area is 179 Å². The zero-order chi connectivity index (χ0) is 21.5. The van der Waals surface area contributed by atoms with E-state index in [0.717, 1.165) is 10.5 Å². The number of rotatable bonds is 8. The summed E-state index contributed by atoms with van der Waals surface area (Å²) in [7, 11) is 1.94. The van der Waals surface area contributed by atoms with E-state index in [9.17, 15) is 14.0 Å². The van der Waals surface area contributed by atoms with Crippen molar-refractivity contribution in [3.63, 3.8) is 0 Å². The van der Waals surface area contributed by atoms with Gasteiger partial charge in [-0.1, -0.05) is 42.5 Å². The second-order valence-electron chi connectivity index (χ2n) is 6.93. The zero-order valence-electron chi connectivity index (χ0n) is 16.9. The van der Waals surface area contributed by atoms with Gasteiger partial charge < -0.3 is 15.0 Å². The van der Waals surface area contributed by atoms with E-state index < -0.39 is 5.97 Å². The number of halogens is 1. The number of esters is 1. The molecule has 2 aromatic carbocycles. The minimum absolute atomic E-state index is 0.193. The molecule has 2 N–H and O–H groups in total. The van der Waals surface area contributed by atoms with Crippen LogP contribution in [0.4, 0.5) is 9.39 Å². The Morgan fingerprint density at radius 2 is 1.80 bits per heavy atom.